The van der Waals surface area contributed by atoms with E-state index in [1.165, 1.54) is 17.2 Å². The maximum absolute atomic E-state index is 13.5. The molecule has 0 saturated heterocycles. The maximum atomic E-state index is 13.5. The minimum atomic E-state index is -4.56. The molecule has 192 valence electrons. The van der Waals surface area contributed by atoms with Crippen LogP contribution in [0.1, 0.15) is 42.3 Å². The second-order valence-corrected chi connectivity index (χ2v) is 8.46. The number of rotatable bonds is 10. The van der Waals surface area contributed by atoms with Crippen LogP contribution < -0.4 is 15.1 Å². The lowest BCUT2D eigenvalue weighted by Gasteiger charge is -2.24. The molecule has 1 amide bonds. The van der Waals surface area contributed by atoms with Gasteiger partial charge in [0.25, 0.3) is 5.91 Å². The summed E-state index contributed by atoms with van der Waals surface area (Å²) >= 11 is 5.97. The van der Waals surface area contributed by atoms with Crippen LogP contribution in [0.2, 0.25) is 5.15 Å². The number of hydrogen-bond donors (Lipinski definition) is 1. The van der Waals surface area contributed by atoms with Gasteiger partial charge in [-0.2, -0.15) is 13.2 Å². The third-order valence-electron chi connectivity index (χ3n) is 5.64. The summed E-state index contributed by atoms with van der Waals surface area (Å²) in [6, 6.07) is 10.8. The highest BCUT2D eigenvalue weighted by Crippen LogP contribution is 2.33. The fraction of sp³-hybridized carbons (Fsp3) is 0.346. The molecule has 10 heteroatoms. The van der Waals surface area contributed by atoms with Crippen LogP contribution in [0.25, 0.3) is 0 Å². The van der Waals surface area contributed by atoms with Gasteiger partial charge in [-0.1, -0.05) is 23.7 Å². The fourth-order valence-corrected chi connectivity index (χ4v) is 4.03. The Labute approximate surface area is 214 Å². The Hall–Kier alpha value is -3.33. The molecule has 1 N–H and O–H groups in total. The first kappa shape index (κ1) is 27.3. The summed E-state index contributed by atoms with van der Waals surface area (Å²) in [5, 5.41) is 3.19. The van der Waals surface area contributed by atoms with Crippen molar-refractivity contribution in [2.24, 2.45) is 0 Å². The summed E-state index contributed by atoms with van der Waals surface area (Å²) < 4.78 is 40.4. The molecule has 6 nitrogen and oxygen atoms in total. The second-order valence-electron chi connectivity index (χ2n) is 8.08. The quantitative estimate of drug-likeness (QED) is 0.340. The third-order valence-corrected chi connectivity index (χ3v) is 5.82. The topological polar surface area (TPSA) is 61.4 Å². The van der Waals surface area contributed by atoms with Gasteiger partial charge in [0.05, 0.1) is 18.0 Å². The van der Waals surface area contributed by atoms with Crippen molar-refractivity contribution in [2.45, 2.75) is 33.4 Å². The molecule has 0 atom stereocenters. The lowest BCUT2D eigenvalue weighted by molar-refractivity contribution is -0.137. The van der Waals surface area contributed by atoms with E-state index in [2.05, 4.69) is 15.3 Å². The first-order chi connectivity index (χ1) is 17.2. The number of benzene rings is 2. The average molecular weight is 520 g/mol. The largest absolute Gasteiger partial charge is 0.416 e. The molecule has 0 saturated carbocycles. The van der Waals surface area contributed by atoms with Gasteiger partial charge in [0.2, 0.25) is 0 Å². The van der Waals surface area contributed by atoms with Crippen LogP contribution in [-0.4, -0.2) is 42.1 Å². The molecule has 0 spiro atoms. The van der Waals surface area contributed by atoms with E-state index < -0.39 is 17.6 Å². The number of carbonyl (C=O) groups is 1. The predicted molar refractivity (Wildman–Crippen MR) is 138 cm³/mol. The minimum Gasteiger partial charge on any atom is -0.385 e. The molecule has 0 aliphatic heterocycles. The number of anilines is 3. The number of aromatic nitrogens is 2. The van der Waals surface area contributed by atoms with Crippen LogP contribution in [0.3, 0.4) is 0 Å². The van der Waals surface area contributed by atoms with Gasteiger partial charge in [0.1, 0.15) is 11.0 Å². The van der Waals surface area contributed by atoms with Crippen LogP contribution in [-0.2, 0) is 12.6 Å². The summed E-state index contributed by atoms with van der Waals surface area (Å²) in [4.78, 5) is 25.3. The van der Waals surface area contributed by atoms with Gasteiger partial charge in [0.15, 0.2) is 0 Å². The monoisotopic (exact) mass is 519 g/mol. The zero-order valence-corrected chi connectivity index (χ0v) is 21.2. The number of alkyl halides is 3. The van der Waals surface area contributed by atoms with E-state index in [-0.39, 0.29) is 11.3 Å². The Kier molecular flexibility index (Phi) is 9.14. The van der Waals surface area contributed by atoms with Crippen LogP contribution >= 0.6 is 11.6 Å². The summed E-state index contributed by atoms with van der Waals surface area (Å²) in [5.74, 6) is 0.178. The smallest absolute Gasteiger partial charge is 0.385 e. The van der Waals surface area contributed by atoms with E-state index in [0.29, 0.717) is 49.3 Å². The van der Waals surface area contributed by atoms with Crippen LogP contribution in [0.4, 0.5) is 30.4 Å². The Balaban J connectivity index is 1.83. The zero-order chi connectivity index (χ0) is 26.3. The highest BCUT2D eigenvalue weighted by Gasteiger charge is 2.32. The first-order valence-electron chi connectivity index (χ1n) is 11.8. The van der Waals surface area contributed by atoms with Gasteiger partial charge in [-0.25, -0.2) is 4.98 Å². The van der Waals surface area contributed by atoms with Crippen molar-refractivity contribution in [3.05, 3.63) is 76.7 Å². The van der Waals surface area contributed by atoms with E-state index in [1.54, 1.807) is 26.1 Å². The Bertz CT molecular complexity index is 1190. The summed E-state index contributed by atoms with van der Waals surface area (Å²) in [5.41, 5.74) is 0.962. The van der Waals surface area contributed by atoms with Crippen molar-refractivity contribution in [1.29, 1.82) is 0 Å². The fourth-order valence-electron chi connectivity index (χ4n) is 3.88. The molecular weight excluding hydrogens is 491 g/mol. The highest BCUT2D eigenvalue weighted by atomic mass is 35.5. The number of nitrogens with one attached hydrogen (secondary N) is 1. The van der Waals surface area contributed by atoms with Crippen molar-refractivity contribution in [1.82, 2.24) is 9.97 Å². The molecule has 1 aromatic heterocycles. The predicted octanol–water partition coefficient (Wildman–Crippen LogP) is 6.32. The molecule has 0 fully saturated rings. The highest BCUT2D eigenvalue weighted by molar-refractivity contribution is 6.29. The summed E-state index contributed by atoms with van der Waals surface area (Å²) in [7, 11) is 0. The van der Waals surface area contributed by atoms with Gasteiger partial charge in [-0.05, 0) is 63.1 Å². The number of likely N-dealkylation sites (N-methyl/N-ethyl adjacent to an activating group) is 1. The number of nitrogens with zero attached hydrogens (tertiary/aromatic N) is 4. The summed E-state index contributed by atoms with van der Waals surface area (Å²) in [6.45, 7) is 7.67. The Morgan fingerprint density at radius 3 is 2.47 bits per heavy atom. The summed E-state index contributed by atoms with van der Waals surface area (Å²) in [6.07, 6.45) is -0.768. The number of carbonyl (C=O) groups excluding carboxylic acids is 1. The molecule has 3 rings (SSSR count). The third kappa shape index (κ3) is 6.87. The van der Waals surface area contributed by atoms with Crippen LogP contribution in [0.15, 0.2) is 54.9 Å². The van der Waals surface area contributed by atoms with Gasteiger partial charge in [-0.3, -0.25) is 9.78 Å². The van der Waals surface area contributed by atoms with Gasteiger partial charge >= 0.3 is 6.18 Å². The van der Waals surface area contributed by atoms with E-state index in [1.807, 2.05) is 30.0 Å². The molecular formula is C26H29ClF3N5O. The molecule has 0 radical (unpaired) electrons. The van der Waals surface area contributed by atoms with Gasteiger partial charge in [0, 0.05) is 43.1 Å². The number of amides is 1. The van der Waals surface area contributed by atoms with Gasteiger partial charge in [-0.15, -0.1) is 0 Å². The van der Waals surface area contributed by atoms with Crippen molar-refractivity contribution in [3.8, 4) is 0 Å². The second kappa shape index (κ2) is 12.1. The van der Waals surface area contributed by atoms with Crippen LogP contribution in [0.5, 0.6) is 0 Å². The van der Waals surface area contributed by atoms with E-state index in [4.69, 9.17) is 11.6 Å². The Morgan fingerprint density at radius 1 is 1.06 bits per heavy atom. The zero-order valence-electron chi connectivity index (χ0n) is 20.4. The lowest BCUT2D eigenvalue weighted by atomic mass is 10.1. The van der Waals surface area contributed by atoms with Crippen LogP contribution in [0, 0.1) is 0 Å². The molecule has 0 bridgehead atoms. The number of halogens is 4. The Morgan fingerprint density at radius 2 is 1.83 bits per heavy atom. The molecule has 36 heavy (non-hydrogen) atoms. The average Bonchev–Trinajstić information content (AvgIpc) is 2.85. The SMILES string of the molecule is CCNc1cc(C(=O)N(CC)c2cccc(CCN(CC)c3cncc(Cl)n3)c2)cc(C(F)(F)F)c1. The first-order valence-corrected chi connectivity index (χ1v) is 12.1. The maximum Gasteiger partial charge on any atom is 0.416 e. The van der Waals surface area contributed by atoms with E-state index >= 15 is 0 Å². The van der Waals surface area contributed by atoms with Crippen molar-refractivity contribution < 1.29 is 18.0 Å². The van der Waals surface area contributed by atoms with Crippen molar-refractivity contribution >= 4 is 34.7 Å². The molecule has 0 aliphatic rings. The molecule has 2 aromatic carbocycles. The van der Waals surface area contributed by atoms with Gasteiger partial charge < -0.3 is 15.1 Å². The number of hydrogen-bond acceptors (Lipinski definition) is 5. The van der Waals surface area contributed by atoms with Crippen molar-refractivity contribution in [2.75, 3.05) is 41.3 Å². The molecule has 1 heterocycles. The van der Waals surface area contributed by atoms with Crippen molar-refractivity contribution in [3.63, 3.8) is 0 Å². The van der Waals surface area contributed by atoms with E-state index in [9.17, 15) is 18.0 Å². The normalized spacial score (nSPS) is 11.3. The molecule has 3 aromatic rings. The standard InChI is InChI=1S/C26H29ClF3N5O/c1-4-32-21-14-19(13-20(15-21)26(28,29)30)25(36)35(6-3)22-9-7-8-18(12-22)10-11-34(5-2)24-17-31-16-23(27)33-24/h7-9,12-17,32H,4-6,10-11H2,1-3H3. The molecule has 0 aliphatic carbocycles. The molecule has 0 unspecified atom stereocenters. The minimum absolute atomic E-state index is 0.0234. The van der Waals surface area contributed by atoms with E-state index in [0.717, 1.165) is 17.7 Å². The lowest BCUT2D eigenvalue weighted by Crippen LogP contribution is -2.31.